The summed E-state index contributed by atoms with van der Waals surface area (Å²) < 4.78 is 11.1. The summed E-state index contributed by atoms with van der Waals surface area (Å²) in [6, 6.07) is 15.5. The number of amides is 1. The summed E-state index contributed by atoms with van der Waals surface area (Å²) in [5.74, 6) is 1.26. The molecule has 0 aliphatic carbocycles. The van der Waals surface area contributed by atoms with E-state index in [0.717, 1.165) is 48.8 Å². The van der Waals surface area contributed by atoms with Gasteiger partial charge in [-0.25, -0.2) is 0 Å². The highest BCUT2D eigenvalue weighted by Gasteiger charge is 2.17. The van der Waals surface area contributed by atoms with E-state index in [1.165, 1.54) is 5.69 Å². The maximum absolute atomic E-state index is 12.8. The van der Waals surface area contributed by atoms with Crippen molar-refractivity contribution in [3.8, 4) is 5.75 Å². The predicted molar refractivity (Wildman–Crippen MR) is 124 cm³/mol. The van der Waals surface area contributed by atoms with E-state index in [1.807, 2.05) is 32.0 Å². The van der Waals surface area contributed by atoms with E-state index in [0.29, 0.717) is 24.5 Å². The summed E-state index contributed by atoms with van der Waals surface area (Å²) in [6.45, 7) is 8.65. The first-order chi connectivity index (χ1) is 15.5. The van der Waals surface area contributed by atoms with E-state index in [1.54, 1.807) is 12.1 Å². The first-order valence-corrected chi connectivity index (χ1v) is 11.0. The zero-order chi connectivity index (χ0) is 22.5. The van der Waals surface area contributed by atoms with Gasteiger partial charge in [-0.15, -0.1) is 0 Å². The minimum atomic E-state index is -0.124. The van der Waals surface area contributed by atoms with Gasteiger partial charge in [-0.1, -0.05) is 29.4 Å². The van der Waals surface area contributed by atoms with Crippen LogP contribution >= 0.6 is 0 Å². The summed E-state index contributed by atoms with van der Waals surface area (Å²) in [6.07, 6.45) is 0. The Morgan fingerprint density at radius 3 is 2.62 bits per heavy atom. The van der Waals surface area contributed by atoms with Crippen LogP contribution in [0.4, 0.5) is 5.69 Å². The van der Waals surface area contributed by atoms with Gasteiger partial charge in [-0.2, -0.15) is 0 Å². The van der Waals surface area contributed by atoms with Gasteiger partial charge in [-0.3, -0.25) is 4.79 Å². The number of nitrogens with zero attached hydrogens (tertiary/aromatic N) is 3. The molecule has 0 atom stereocenters. The molecule has 3 aromatic rings. The van der Waals surface area contributed by atoms with Crippen molar-refractivity contribution in [1.82, 2.24) is 15.4 Å². The number of carbonyl (C=O) groups excluding carboxylic acids is 1. The zero-order valence-corrected chi connectivity index (χ0v) is 18.9. The van der Waals surface area contributed by atoms with Gasteiger partial charge in [0.1, 0.15) is 18.1 Å². The van der Waals surface area contributed by atoms with Crippen molar-refractivity contribution in [3.05, 3.63) is 76.7 Å². The molecule has 2 heterocycles. The monoisotopic (exact) mass is 434 g/mol. The van der Waals surface area contributed by atoms with Crippen molar-refractivity contribution in [2.24, 2.45) is 0 Å². The van der Waals surface area contributed by atoms with E-state index < -0.39 is 0 Å². The SMILES string of the molecule is Cc1noc(C)c1COc1cccc(C(=O)NCc2ccccc2N2CCN(C)CC2)c1. The lowest BCUT2D eigenvalue weighted by molar-refractivity contribution is 0.0950. The second-order valence-corrected chi connectivity index (χ2v) is 8.22. The standard InChI is InChI=1S/C25H30N4O3/c1-18-23(19(2)32-27-18)17-31-22-9-6-8-20(15-22)25(30)26-16-21-7-4-5-10-24(21)29-13-11-28(3)12-14-29/h4-10,15H,11-14,16-17H2,1-3H3,(H,26,30). The Kier molecular flexibility index (Phi) is 6.75. The number of aryl methyl sites for hydroxylation is 2. The number of hydrogen-bond donors (Lipinski definition) is 1. The quantitative estimate of drug-likeness (QED) is 0.613. The van der Waals surface area contributed by atoms with Crippen LogP contribution in [-0.2, 0) is 13.2 Å². The molecule has 1 aliphatic rings. The number of anilines is 1. The lowest BCUT2D eigenvalue weighted by Crippen LogP contribution is -2.45. The largest absolute Gasteiger partial charge is 0.489 e. The molecule has 1 N–H and O–H groups in total. The number of benzene rings is 2. The van der Waals surface area contributed by atoms with E-state index in [4.69, 9.17) is 9.26 Å². The smallest absolute Gasteiger partial charge is 0.251 e. The van der Waals surface area contributed by atoms with Crippen molar-refractivity contribution >= 4 is 11.6 Å². The van der Waals surface area contributed by atoms with Crippen LogP contribution in [0.5, 0.6) is 5.75 Å². The molecule has 32 heavy (non-hydrogen) atoms. The number of rotatable bonds is 7. The topological polar surface area (TPSA) is 70.8 Å². The molecule has 0 spiro atoms. The van der Waals surface area contributed by atoms with E-state index in [2.05, 4.69) is 45.5 Å². The number of nitrogens with one attached hydrogen (secondary N) is 1. The third-order valence-electron chi connectivity index (χ3n) is 5.94. The molecule has 7 nitrogen and oxygen atoms in total. The molecule has 4 rings (SSSR count). The average Bonchev–Trinajstić information content (AvgIpc) is 3.14. The molecular weight excluding hydrogens is 404 g/mol. The molecular formula is C25H30N4O3. The first-order valence-electron chi connectivity index (χ1n) is 11.0. The number of piperazine rings is 1. The van der Waals surface area contributed by atoms with Gasteiger partial charge < -0.3 is 24.4 Å². The summed E-state index contributed by atoms with van der Waals surface area (Å²) in [4.78, 5) is 17.6. The average molecular weight is 435 g/mol. The number of ether oxygens (including phenoxy) is 1. The Morgan fingerprint density at radius 1 is 1.09 bits per heavy atom. The first kappa shape index (κ1) is 21.9. The highest BCUT2D eigenvalue weighted by molar-refractivity contribution is 5.94. The Bertz CT molecular complexity index is 1050. The minimum Gasteiger partial charge on any atom is -0.489 e. The maximum Gasteiger partial charge on any atom is 0.251 e. The summed E-state index contributed by atoms with van der Waals surface area (Å²) in [5.41, 5.74) is 4.63. The van der Waals surface area contributed by atoms with Gasteiger partial charge in [0, 0.05) is 44.0 Å². The molecule has 7 heteroatoms. The van der Waals surface area contributed by atoms with Gasteiger partial charge in [0.2, 0.25) is 0 Å². The minimum absolute atomic E-state index is 0.124. The van der Waals surface area contributed by atoms with Crippen molar-refractivity contribution in [1.29, 1.82) is 0 Å². The second-order valence-electron chi connectivity index (χ2n) is 8.22. The van der Waals surface area contributed by atoms with Crippen LogP contribution in [0, 0.1) is 13.8 Å². The molecule has 1 aromatic heterocycles. The number of carbonyl (C=O) groups is 1. The third-order valence-corrected chi connectivity index (χ3v) is 5.94. The van der Waals surface area contributed by atoms with E-state index in [-0.39, 0.29) is 5.91 Å². The Morgan fingerprint density at radius 2 is 1.88 bits per heavy atom. The van der Waals surface area contributed by atoms with Crippen molar-refractivity contribution in [3.63, 3.8) is 0 Å². The number of likely N-dealkylation sites (N-methyl/N-ethyl adjacent to an activating group) is 1. The molecule has 1 saturated heterocycles. The molecule has 1 aliphatic heterocycles. The Labute approximate surface area is 188 Å². The van der Waals surface area contributed by atoms with Crippen LogP contribution in [-0.4, -0.2) is 49.2 Å². The fourth-order valence-corrected chi connectivity index (χ4v) is 3.88. The van der Waals surface area contributed by atoms with Crippen LogP contribution in [0.15, 0.2) is 53.1 Å². The van der Waals surface area contributed by atoms with Gasteiger partial charge >= 0.3 is 0 Å². The number of para-hydroxylation sites is 1. The lowest BCUT2D eigenvalue weighted by atomic mass is 10.1. The molecule has 1 fully saturated rings. The lowest BCUT2D eigenvalue weighted by Gasteiger charge is -2.35. The second kappa shape index (κ2) is 9.87. The van der Waals surface area contributed by atoms with Gasteiger partial charge in [0.05, 0.1) is 11.3 Å². The fourth-order valence-electron chi connectivity index (χ4n) is 3.88. The zero-order valence-electron chi connectivity index (χ0n) is 18.9. The number of hydrogen-bond acceptors (Lipinski definition) is 6. The third kappa shape index (κ3) is 5.11. The maximum atomic E-state index is 12.8. The van der Waals surface area contributed by atoms with Crippen molar-refractivity contribution in [2.45, 2.75) is 27.0 Å². The summed E-state index contributed by atoms with van der Waals surface area (Å²) >= 11 is 0. The van der Waals surface area contributed by atoms with Crippen LogP contribution in [0.25, 0.3) is 0 Å². The molecule has 0 bridgehead atoms. The summed E-state index contributed by atoms with van der Waals surface area (Å²) in [5, 5.41) is 7.01. The van der Waals surface area contributed by atoms with Crippen LogP contribution in [0.2, 0.25) is 0 Å². The van der Waals surface area contributed by atoms with Gasteiger partial charge in [0.15, 0.2) is 0 Å². The molecule has 0 unspecified atom stereocenters. The molecule has 0 radical (unpaired) electrons. The van der Waals surface area contributed by atoms with Crippen LogP contribution in [0.1, 0.15) is 32.9 Å². The fraction of sp³-hybridized carbons (Fsp3) is 0.360. The van der Waals surface area contributed by atoms with Gasteiger partial charge in [-0.05, 0) is 50.7 Å². The molecule has 1 amide bonds. The highest BCUT2D eigenvalue weighted by Crippen LogP contribution is 2.22. The van der Waals surface area contributed by atoms with Crippen molar-refractivity contribution < 1.29 is 14.1 Å². The molecule has 2 aromatic carbocycles. The summed E-state index contributed by atoms with van der Waals surface area (Å²) in [7, 11) is 2.15. The molecule has 168 valence electrons. The van der Waals surface area contributed by atoms with Gasteiger partial charge in [0.25, 0.3) is 5.91 Å². The Hall–Kier alpha value is -3.32. The van der Waals surface area contributed by atoms with E-state index >= 15 is 0 Å². The number of aromatic nitrogens is 1. The van der Waals surface area contributed by atoms with Crippen molar-refractivity contribution in [2.75, 3.05) is 38.1 Å². The highest BCUT2D eigenvalue weighted by atomic mass is 16.5. The van der Waals surface area contributed by atoms with Crippen LogP contribution in [0.3, 0.4) is 0 Å². The van der Waals surface area contributed by atoms with Crippen LogP contribution < -0.4 is 15.0 Å². The normalized spacial score (nSPS) is 14.4. The Balaban J connectivity index is 1.38. The predicted octanol–water partition coefficient (Wildman–Crippen LogP) is 3.55. The molecule has 0 saturated carbocycles. The van der Waals surface area contributed by atoms with E-state index in [9.17, 15) is 4.79 Å².